The molecule has 0 aliphatic rings. The van der Waals surface area contributed by atoms with E-state index in [9.17, 15) is 8.42 Å². The van der Waals surface area contributed by atoms with Gasteiger partial charge in [-0.15, -0.1) is 0 Å². The van der Waals surface area contributed by atoms with Gasteiger partial charge in [0.2, 0.25) is 10.3 Å². The molecular weight excluding hydrogens is 195 g/mol. The summed E-state index contributed by atoms with van der Waals surface area (Å²) >= 11 is 5.90. The van der Waals surface area contributed by atoms with Crippen LogP contribution in [0.1, 0.15) is 0 Å². The molecule has 0 aliphatic carbocycles. The van der Waals surface area contributed by atoms with Gasteiger partial charge in [0.25, 0.3) is 0 Å². The zero-order valence-electron chi connectivity index (χ0n) is 4.22. The van der Waals surface area contributed by atoms with Crippen molar-refractivity contribution < 1.29 is 8.42 Å². The van der Waals surface area contributed by atoms with Crippen LogP contribution in [-0.2, 0) is 22.1 Å². The molecule has 0 heterocycles. The molecule has 0 radical (unpaired) electrons. The van der Waals surface area contributed by atoms with Crippen LogP contribution in [0, 0.1) is 0 Å². The van der Waals surface area contributed by atoms with Gasteiger partial charge >= 0.3 is 0 Å². The normalized spacial score (nSPS) is 10.2. The predicted molar refractivity (Wildman–Crippen MR) is 46.0 cm³/mol. The molecule has 0 saturated carbocycles. The van der Waals surface area contributed by atoms with Crippen LogP contribution in [0.25, 0.3) is 0 Å². The van der Waals surface area contributed by atoms with E-state index in [-0.39, 0.29) is 0 Å². The lowest BCUT2D eigenvalue weighted by Gasteiger charge is -1.68. The zero-order chi connectivity index (χ0) is 7.11. The van der Waals surface area contributed by atoms with Crippen LogP contribution in [0.2, 0.25) is 0 Å². The lowest BCUT2D eigenvalue weighted by molar-refractivity contribution is 0.627. The third-order valence-corrected chi connectivity index (χ3v) is 2.51. The standard InChI is InChI=1S/C3H3O2PS3/c4-9(5)3-1-2-8-6-7/h1-3H. The van der Waals surface area contributed by atoms with Crippen molar-refractivity contribution in [1.29, 1.82) is 0 Å². The first-order valence-electron chi connectivity index (χ1n) is 1.84. The van der Waals surface area contributed by atoms with Crippen LogP contribution in [0.3, 0.4) is 0 Å². The number of hydrogen-bond acceptors (Lipinski definition) is 4. The Bertz CT molecular complexity index is 219. The monoisotopic (exact) mass is 198 g/mol. The maximum absolute atomic E-state index is 9.82. The van der Waals surface area contributed by atoms with Gasteiger partial charge in [0.15, 0.2) is 0 Å². The lowest BCUT2D eigenvalue weighted by Crippen LogP contribution is -1.61. The molecule has 0 atom stereocenters. The third-order valence-electron chi connectivity index (χ3n) is 0.372. The first kappa shape index (κ1) is 9.30. The smallest absolute Gasteiger partial charge is 0.185 e. The van der Waals surface area contributed by atoms with Crippen molar-refractivity contribution in [2.75, 3.05) is 0 Å². The van der Waals surface area contributed by atoms with E-state index in [0.717, 1.165) is 11.9 Å². The van der Waals surface area contributed by atoms with E-state index in [4.69, 9.17) is 0 Å². The minimum absolute atomic E-state index is 0.749. The average Bonchev–Trinajstić information content (AvgIpc) is 1.80. The maximum Gasteiger partial charge on any atom is 0.214 e. The summed E-state index contributed by atoms with van der Waals surface area (Å²) < 4.78 is 19.6. The van der Waals surface area contributed by atoms with E-state index in [0.29, 0.717) is 0 Å². The predicted octanol–water partition coefficient (Wildman–Crippen LogP) is 1.24. The summed E-state index contributed by atoms with van der Waals surface area (Å²) in [6.45, 7) is 0.749. The molecule has 0 aliphatic heterocycles. The van der Waals surface area contributed by atoms with Crippen LogP contribution in [0.4, 0.5) is 0 Å². The second kappa shape index (κ2) is 6.42. The summed E-state index contributed by atoms with van der Waals surface area (Å²) in [6.07, 6.45) is 1.44. The van der Waals surface area contributed by atoms with Gasteiger partial charge in [-0.3, -0.25) is 0 Å². The summed E-state index contributed by atoms with van der Waals surface area (Å²) in [4.78, 5) is 0. The van der Waals surface area contributed by atoms with Gasteiger partial charge in [-0.1, -0.05) is 11.4 Å². The molecule has 0 N–H and O–H groups in total. The molecule has 0 rings (SSSR count). The molecule has 2 nitrogen and oxygen atoms in total. The van der Waals surface area contributed by atoms with Crippen LogP contribution >= 0.6 is 17.9 Å². The second-order valence-corrected chi connectivity index (χ2v) is 4.75. The Hall–Kier alpha value is 0.300. The number of allylic oxidation sites excluding steroid dienone is 1. The Labute approximate surface area is 65.5 Å². The van der Waals surface area contributed by atoms with E-state index in [2.05, 4.69) is 11.8 Å². The molecule has 0 aromatic heterocycles. The maximum atomic E-state index is 9.82. The summed E-state index contributed by atoms with van der Waals surface area (Å²) in [5.41, 5.74) is 0. The fraction of sp³-hybridized carbons (Fsp3) is 0. The minimum Gasteiger partial charge on any atom is -0.185 e. The van der Waals surface area contributed by atoms with Crippen LogP contribution in [0.15, 0.2) is 11.5 Å². The second-order valence-electron chi connectivity index (χ2n) is 0.905. The van der Waals surface area contributed by atoms with E-state index in [1.165, 1.54) is 17.5 Å². The molecule has 6 heteroatoms. The van der Waals surface area contributed by atoms with Crippen LogP contribution in [0.5, 0.6) is 0 Å². The van der Waals surface area contributed by atoms with Gasteiger partial charge in [-0.25, -0.2) is 0 Å². The minimum atomic E-state index is -2.08. The lowest BCUT2D eigenvalue weighted by atomic mass is 10.8. The highest BCUT2D eigenvalue weighted by molar-refractivity contribution is 8.59. The fourth-order valence-electron chi connectivity index (χ4n) is 0.156. The van der Waals surface area contributed by atoms with Gasteiger partial charge in [0.1, 0.15) is 0 Å². The van der Waals surface area contributed by atoms with E-state index in [1.54, 1.807) is 5.41 Å². The van der Waals surface area contributed by atoms with Gasteiger partial charge in [-0.2, -0.15) is 8.42 Å². The number of hydrogen-bond donors (Lipinski definition) is 0. The van der Waals surface area contributed by atoms with Gasteiger partial charge in [0, 0.05) is 6.56 Å². The van der Waals surface area contributed by atoms with E-state index < -0.39 is 10.3 Å². The van der Waals surface area contributed by atoms with E-state index >= 15 is 0 Å². The third kappa shape index (κ3) is 8.30. The molecule has 0 amide bonds. The molecule has 0 aromatic carbocycles. The van der Waals surface area contributed by atoms with Crippen molar-refractivity contribution in [3.8, 4) is 0 Å². The first-order chi connectivity index (χ1) is 4.27. The van der Waals surface area contributed by atoms with Crippen molar-refractivity contribution in [1.82, 2.24) is 0 Å². The first-order valence-corrected chi connectivity index (χ1v) is 6.37. The summed E-state index contributed by atoms with van der Waals surface area (Å²) in [6, 6.07) is 0. The molecular formula is C3H3O2PS3. The largest absolute Gasteiger partial charge is 0.214 e. The van der Waals surface area contributed by atoms with Crippen molar-refractivity contribution in [2.24, 2.45) is 0 Å². The highest BCUT2D eigenvalue weighted by Crippen LogP contribution is 2.17. The molecule has 0 spiro atoms. The molecule has 0 bridgehead atoms. The summed E-state index contributed by atoms with van der Waals surface area (Å²) in [7, 11) is -2.08. The van der Waals surface area contributed by atoms with Crippen molar-refractivity contribution in [3.63, 3.8) is 0 Å². The molecule has 0 aromatic rings. The van der Waals surface area contributed by atoms with Gasteiger partial charge < -0.3 is 0 Å². The fourth-order valence-corrected chi connectivity index (χ4v) is 1.47. The molecule has 0 unspecified atom stereocenters. The molecule has 50 valence electrons. The summed E-state index contributed by atoms with van der Waals surface area (Å²) in [5, 5.41) is 2.69. The Balaban J connectivity index is 3.74. The Morgan fingerprint density at radius 2 is 2.22 bits per heavy atom. The molecule has 0 fully saturated rings. The Kier molecular flexibility index (Phi) is 6.63. The SMILES string of the molecule is O=S(=O)=CC=CSP=S. The quantitative estimate of drug-likeness (QED) is 0.388. The van der Waals surface area contributed by atoms with Crippen LogP contribution in [-0.4, -0.2) is 13.8 Å². The van der Waals surface area contributed by atoms with Crippen molar-refractivity contribution in [2.45, 2.75) is 0 Å². The Morgan fingerprint density at radius 1 is 1.56 bits per heavy atom. The highest BCUT2D eigenvalue weighted by Gasteiger charge is 1.67. The van der Waals surface area contributed by atoms with Crippen molar-refractivity contribution in [3.05, 3.63) is 11.5 Å². The topological polar surface area (TPSA) is 34.1 Å². The molecule has 0 saturated heterocycles. The van der Waals surface area contributed by atoms with Crippen LogP contribution < -0.4 is 0 Å². The Morgan fingerprint density at radius 3 is 2.67 bits per heavy atom. The average molecular weight is 198 g/mol. The van der Waals surface area contributed by atoms with Crippen molar-refractivity contribution >= 4 is 45.4 Å². The zero-order valence-corrected chi connectivity index (χ0v) is 7.56. The highest BCUT2D eigenvalue weighted by atomic mass is 32.9. The molecule has 9 heavy (non-hydrogen) atoms. The summed E-state index contributed by atoms with van der Waals surface area (Å²) in [5.74, 6) is 0. The van der Waals surface area contributed by atoms with E-state index in [1.807, 2.05) is 0 Å². The van der Waals surface area contributed by atoms with Gasteiger partial charge in [-0.05, 0) is 23.3 Å². The van der Waals surface area contributed by atoms with Gasteiger partial charge in [0.05, 0.1) is 5.37 Å². The number of rotatable bonds is 3.